The minimum atomic E-state index is -0.929. The number of halogens is 2. The Hall–Kier alpha value is -3.75. The molecule has 172 valence electrons. The third-order valence-electron chi connectivity index (χ3n) is 5.48. The van der Waals surface area contributed by atoms with Crippen molar-refractivity contribution >= 4 is 12.0 Å². The molecule has 0 spiro atoms. The third kappa shape index (κ3) is 4.72. The van der Waals surface area contributed by atoms with Gasteiger partial charge in [-0.05, 0) is 62.2 Å². The second-order valence-electron chi connectivity index (χ2n) is 7.97. The van der Waals surface area contributed by atoms with E-state index in [1.165, 1.54) is 4.90 Å². The molecule has 7 nitrogen and oxygen atoms in total. The van der Waals surface area contributed by atoms with E-state index in [1.807, 2.05) is 36.7 Å². The fourth-order valence-electron chi connectivity index (χ4n) is 3.84. The highest BCUT2D eigenvalue weighted by molar-refractivity contribution is 5.96. The predicted molar refractivity (Wildman–Crippen MR) is 118 cm³/mol. The van der Waals surface area contributed by atoms with Gasteiger partial charge in [-0.25, -0.2) is 4.98 Å². The molecular weight excluding hydrogens is 430 g/mol. The molecule has 0 saturated carbocycles. The summed E-state index contributed by atoms with van der Waals surface area (Å²) in [6.07, 6.45) is 4.92. The number of hydrogen-bond acceptors (Lipinski definition) is 5. The first kappa shape index (κ1) is 22.4. The zero-order chi connectivity index (χ0) is 23.7. The maximum Gasteiger partial charge on any atom is 0.289 e. The largest absolute Gasteiger partial charge is 0.495 e. The summed E-state index contributed by atoms with van der Waals surface area (Å²) in [6, 6.07) is 7.21. The maximum absolute atomic E-state index is 13.6. The molecule has 0 unspecified atom stereocenters. The van der Waals surface area contributed by atoms with Crippen molar-refractivity contribution in [3.63, 3.8) is 0 Å². The van der Waals surface area contributed by atoms with Gasteiger partial charge in [-0.3, -0.25) is 4.79 Å². The van der Waals surface area contributed by atoms with E-state index in [4.69, 9.17) is 9.47 Å². The van der Waals surface area contributed by atoms with Crippen molar-refractivity contribution in [2.24, 2.45) is 0 Å². The number of nitrogens with zero attached hydrogens (tertiary/aromatic N) is 4. The number of hydrogen-bond donors (Lipinski definition) is 0. The summed E-state index contributed by atoms with van der Waals surface area (Å²) in [5.41, 5.74) is 2.71. The van der Waals surface area contributed by atoms with E-state index < -0.39 is 17.9 Å². The van der Waals surface area contributed by atoms with Crippen molar-refractivity contribution in [2.75, 3.05) is 13.7 Å². The van der Waals surface area contributed by atoms with Crippen LogP contribution in [0, 0.1) is 18.8 Å². The van der Waals surface area contributed by atoms with Gasteiger partial charge >= 0.3 is 0 Å². The lowest BCUT2D eigenvalue weighted by Crippen LogP contribution is -2.45. The molecule has 0 N–H and O–H groups in total. The van der Waals surface area contributed by atoms with Gasteiger partial charge in [-0.1, -0.05) is 6.07 Å². The molecule has 2 atom stereocenters. The van der Waals surface area contributed by atoms with E-state index in [1.54, 1.807) is 32.5 Å². The normalized spacial score (nSPS) is 18.4. The average molecular weight is 454 g/mol. The quantitative estimate of drug-likeness (QED) is 0.427. The average Bonchev–Trinajstić information content (AvgIpc) is 3.20. The van der Waals surface area contributed by atoms with E-state index in [0.717, 1.165) is 23.5 Å². The third-order valence-corrected chi connectivity index (χ3v) is 5.48. The Morgan fingerprint density at radius 3 is 2.61 bits per heavy atom. The summed E-state index contributed by atoms with van der Waals surface area (Å²) in [5.74, 6) is -1.48. The summed E-state index contributed by atoms with van der Waals surface area (Å²) in [6.45, 7) is 5.73. The molecule has 3 aromatic rings. The Labute approximate surface area is 190 Å². The number of carbonyl (C=O) groups is 1. The standard InChI is InChI=1S/C24H24F2N4O3/c1-14-11-29(13-27-14)19-6-5-17(7-20(19)32-4)8-21-24(31)30(12-15(2)33-21)16(3)18-9-22(25)28-23(26)10-18/h5-11,13,15-16H,12H2,1-4H3/b21-8-/t15-,16-/m0/s1. The monoisotopic (exact) mass is 454 g/mol. The van der Waals surface area contributed by atoms with E-state index in [0.29, 0.717) is 16.9 Å². The van der Waals surface area contributed by atoms with Crippen molar-refractivity contribution in [3.05, 3.63) is 77.3 Å². The van der Waals surface area contributed by atoms with Gasteiger partial charge in [0.15, 0.2) is 5.76 Å². The lowest BCUT2D eigenvalue weighted by Gasteiger charge is -2.37. The molecule has 9 heteroatoms. The molecule has 0 aliphatic carbocycles. The summed E-state index contributed by atoms with van der Waals surface area (Å²) in [4.78, 5) is 22.1. The molecule has 2 aromatic heterocycles. The number of morpholine rings is 1. The van der Waals surface area contributed by atoms with Crippen molar-refractivity contribution in [1.29, 1.82) is 0 Å². The van der Waals surface area contributed by atoms with Gasteiger partial charge in [0.1, 0.15) is 11.9 Å². The molecule has 1 aliphatic heterocycles. The number of ether oxygens (including phenoxy) is 2. The van der Waals surface area contributed by atoms with Crippen LogP contribution in [-0.2, 0) is 9.53 Å². The number of benzene rings is 1. The number of imidazole rings is 1. The zero-order valence-corrected chi connectivity index (χ0v) is 18.8. The van der Waals surface area contributed by atoms with Crippen LogP contribution in [0.3, 0.4) is 0 Å². The molecule has 33 heavy (non-hydrogen) atoms. The van der Waals surface area contributed by atoms with Gasteiger partial charge < -0.3 is 18.9 Å². The number of aromatic nitrogens is 3. The van der Waals surface area contributed by atoms with Crippen LogP contribution in [0.1, 0.15) is 36.7 Å². The van der Waals surface area contributed by atoms with Crippen LogP contribution < -0.4 is 4.74 Å². The van der Waals surface area contributed by atoms with Gasteiger partial charge in [0, 0.05) is 6.20 Å². The van der Waals surface area contributed by atoms with Crippen molar-refractivity contribution in [1.82, 2.24) is 19.4 Å². The predicted octanol–water partition coefficient (Wildman–Crippen LogP) is 4.21. The van der Waals surface area contributed by atoms with Crippen LogP contribution in [0.15, 0.2) is 48.6 Å². The van der Waals surface area contributed by atoms with Gasteiger partial charge in [-0.2, -0.15) is 13.8 Å². The van der Waals surface area contributed by atoms with E-state index in [9.17, 15) is 13.6 Å². The van der Waals surface area contributed by atoms with Crippen molar-refractivity contribution in [3.8, 4) is 11.4 Å². The second kappa shape index (κ2) is 9.01. The summed E-state index contributed by atoms with van der Waals surface area (Å²) >= 11 is 0. The molecule has 0 radical (unpaired) electrons. The molecular formula is C24H24F2N4O3. The molecule has 4 rings (SSSR count). The first-order valence-corrected chi connectivity index (χ1v) is 10.5. The van der Waals surface area contributed by atoms with Crippen LogP contribution in [0.25, 0.3) is 11.8 Å². The number of methoxy groups -OCH3 is 1. The molecule has 1 amide bonds. The zero-order valence-electron chi connectivity index (χ0n) is 18.8. The maximum atomic E-state index is 13.6. The Kier molecular flexibility index (Phi) is 6.13. The summed E-state index contributed by atoms with van der Waals surface area (Å²) in [5, 5.41) is 0. The second-order valence-corrected chi connectivity index (χ2v) is 7.97. The Bertz CT molecular complexity index is 1200. The van der Waals surface area contributed by atoms with Crippen LogP contribution in [-0.4, -0.2) is 45.1 Å². The van der Waals surface area contributed by atoms with Crippen molar-refractivity contribution in [2.45, 2.75) is 32.9 Å². The Morgan fingerprint density at radius 1 is 1.24 bits per heavy atom. The minimum absolute atomic E-state index is 0.142. The summed E-state index contributed by atoms with van der Waals surface area (Å²) in [7, 11) is 1.57. The van der Waals surface area contributed by atoms with Gasteiger partial charge in [0.2, 0.25) is 11.9 Å². The molecule has 1 saturated heterocycles. The first-order chi connectivity index (χ1) is 15.7. The van der Waals surface area contributed by atoms with Gasteiger partial charge in [-0.15, -0.1) is 0 Å². The number of pyridine rings is 1. The summed E-state index contributed by atoms with van der Waals surface area (Å²) < 4.78 is 40.4. The topological polar surface area (TPSA) is 69.5 Å². The fraction of sp³-hybridized carbons (Fsp3) is 0.292. The molecule has 1 fully saturated rings. The van der Waals surface area contributed by atoms with Gasteiger partial charge in [0.05, 0.1) is 37.4 Å². The van der Waals surface area contributed by atoms with E-state index in [2.05, 4.69) is 9.97 Å². The highest BCUT2D eigenvalue weighted by atomic mass is 19.1. The first-order valence-electron chi connectivity index (χ1n) is 10.5. The molecule has 1 aromatic carbocycles. The highest BCUT2D eigenvalue weighted by Gasteiger charge is 2.33. The Balaban J connectivity index is 1.64. The van der Waals surface area contributed by atoms with Crippen LogP contribution in [0.2, 0.25) is 0 Å². The Morgan fingerprint density at radius 2 is 1.97 bits per heavy atom. The lowest BCUT2D eigenvalue weighted by molar-refractivity contribution is -0.141. The highest BCUT2D eigenvalue weighted by Crippen LogP contribution is 2.30. The minimum Gasteiger partial charge on any atom is -0.495 e. The van der Waals surface area contributed by atoms with Crippen LogP contribution in [0.5, 0.6) is 5.75 Å². The van der Waals surface area contributed by atoms with E-state index in [-0.39, 0.29) is 24.3 Å². The number of carbonyl (C=O) groups excluding carboxylic acids is 1. The fourth-order valence-corrected chi connectivity index (χ4v) is 3.84. The lowest BCUT2D eigenvalue weighted by atomic mass is 10.1. The number of amides is 1. The molecule has 3 heterocycles. The van der Waals surface area contributed by atoms with Crippen LogP contribution in [0.4, 0.5) is 8.78 Å². The van der Waals surface area contributed by atoms with E-state index >= 15 is 0 Å². The smallest absolute Gasteiger partial charge is 0.289 e. The number of aryl methyl sites for hydroxylation is 1. The van der Waals surface area contributed by atoms with Crippen LogP contribution >= 0.6 is 0 Å². The molecule has 0 bridgehead atoms. The SMILES string of the molecule is COc1cc(/C=C2\O[C@@H](C)CN([C@@H](C)c3cc(F)nc(F)c3)C2=O)ccc1-n1cnc(C)c1. The number of rotatable bonds is 5. The van der Waals surface area contributed by atoms with Gasteiger partial charge in [0.25, 0.3) is 5.91 Å². The van der Waals surface area contributed by atoms with Crippen molar-refractivity contribution < 1.29 is 23.0 Å². The molecule has 1 aliphatic rings.